The Morgan fingerprint density at radius 2 is 1.10 bits per heavy atom. The summed E-state index contributed by atoms with van der Waals surface area (Å²) >= 11 is 0. The number of nitrogens with zero attached hydrogens (tertiary/aromatic N) is 3. The van der Waals surface area contributed by atoms with Crippen molar-refractivity contribution in [3.8, 4) is 78.6 Å². The van der Waals surface area contributed by atoms with Crippen molar-refractivity contribution in [2.24, 2.45) is 0 Å². The van der Waals surface area contributed by atoms with Gasteiger partial charge >= 0.3 is 0 Å². The number of benzene rings is 7. The lowest BCUT2D eigenvalue weighted by atomic mass is 9.83. The second-order valence-electron chi connectivity index (χ2n) is 16.2. The third-order valence-corrected chi connectivity index (χ3v) is 11.0. The molecule has 282 valence electrons. The quantitative estimate of drug-likeness (QED) is 0.176. The van der Waals surface area contributed by atoms with Gasteiger partial charge in [-0.1, -0.05) is 136 Å². The summed E-state index contributed by atoms with van der Waals surface area (Å²) in [7, 11) is 0. The van der Waals surface area contributed by atoms with Crippen LogP contribution in [0.3, 0.4) is 0 Å². The fraction of sp³-hybridized carbons (Fsp3) is 0.111. The van der Waals surface area contributed by atoms with Gasteiger partial charge in [-0.25, -0.2) is 4.98 Å². The predicted octanol–water partition coefficient (Wildman–Crippen LogP) is 14.0. The molecule has 9 rings (SSSR count). The van der Waals surface area contributed by atoms with E-state index in [1.807, 2.05) is 31.3 Å². The molecular weight excluding hydrogens is 707 g/mol. The van der Waals surface area contributed by atoms with Crippen LogP contribution in [0.1, 0.15) is 37.5 Å². The van der Waals surface area contributed by atoms with E-state index in [1.54, 1.807) is 0 Å². The van der Waals surface area contributed by atoms with E-state index in [4.69, 9.17) is 9.97 Å². The first-order valence-electron chi connectivity index (χ1n) is 19.9. The molecule has 0 spiro atoms. The van der Waals surface area contributed by atoms with Crippen molar-refractivity contribution < 1.29 is 5.11 Å². The fourth-order valence-corrected chi connectivity index (χ4v) is 8.16. The Hall–Kier alpha value is -7.04. The molecule has 9 aromatic rings. The Morgan fingerprint density at radius 1 is 0.500 bits per heavy atom. The van der Waals surface area contributed by atoms with Crippen molar-refractivity contribution in [1.82, 2.24) is 14.5 Å². The normalized spacial score (nSPS) is 11.6. The van der Waals surface area contributed by atoms with Crippen molar-refractivity contribution in [2.45, 2.75) is 40.0 Å². The maximum atomic E-state index is 11.7. The molecule has 2 heterocycles. The van der Waals surface area contributed by atoms with E-state index in [-0.39, 0.29) is 11.2 Å². The molecule has 0 aliphatic carbocycles. The van der Waals surface area contributed by atoms with Crippen LogP contribution in [0.25, 0.3) is 83.9 Å². The van der Waals surface area contributed by atoms with Gasteiger partial charge in [0.2, 0.25) is 0 Å². The third kappa shape index (κ3) is 6.88. The maximum absolute atomic E-state index is 11.7. The van der Waals surface area contributed by atoms with Crippen LogP contribution < -0.4 is 0 Å². The molecule has 0 fully saturated rings. The summed E-state index contributed by atoms with van der Waals surface area (Å²) < 4.78 is 2.26. The molecule has 0 aliphatic heterocycles. The number of aromatic hydroxyl groups is 1. The van der Waals surface area contributed by atoms with E-state index in [0.717, 1.165) is 78.0 Å². The number of fused-ring (bicyclic) bond motifs is 1. The molecule has 0 amide bonds. The standard InChI is InChI=1S/C54H45N3O/c1-35-28-36(2)52(58)46(29-35)53-56-51-45(22-15-23-50(51)57(53)49-25-24-40(33-47(49)54(3,4)5)37-16-9-6-10-17-37)43-30-42(39-20-13-8-14-21-39)31-44(32-43)48-34-41(26-27-55-48)38-18-11-7-12-19-38/h6-34,58H,1-5H3. The van der Waals surface area contributed by atoms with Gasteiger partial charge in [0, 0.05) is 17.3 Å². The molecule has 0 atom stereocenters. The summed E-state index contributed by atoms with van der Waals surface area (Å²) in [5, 5.41) is 11.7. The molecule has 0 bridgehead atoms. The number of pyridine rings is 1. The fourth-order valence-electron chi connectivity index (χ4n) is 8.16. The summed E-state index contributed by atoms with van der Waals surface area (Å²) in [5.74, 6) is 0.932. The van der Waals surface area contributed by atoms with Crippen molar-refractivity contribution in [3.63, 3.8) is 0 Å². The summed E-state index contributed by atoms with van der Waals surface area (Å²) in [4.78, 5) is 10.4. The molecule has 0 saturated heterocycles. The van der Waals surface area contributed by atoms with Gasteiger partial charge in [0.1, 0.15) is 11.6 Å². The van der Waals surface area contributed by atoms with Gasteiger partial charge in [0.15, 0.2) is 0 Å². The minimum Gasteiger partial charge on any atom is -0.507 e. The number of aryl methyl sites for hydroxylation is 2. The van der Waals surface area contributed by atoms with Crippen LogP contribution in [0.15, 0.2) is 176 Å². The molecule has 2 aromatic heterocycles. The van der Waals surface area contributed by atoms with Crippen LogP contribution in [0, 0.1) is 13.8 Å². The van der Waals surface area contributed by atoms with Crippen LogP contribution in [-0.4, -0.2) is 19.6 Å². The van der Waals surface area contributed by atoms with Crippen LogP contribution in [0.4, 0.5) is 0 Å². The van der Waals surface area contributed by atoms with Gasteiger partial charge in [-0.15, -0.1) is 0 Å². The average molecular weight is 752 g/mol. The van der Waals surface area contributed by atoms with Gasteiger partial charge in [-0.3, -0.25) is 9.55 Å². The number of phenols is 1. The molecule has 58 heavy (non-hydrogen) atoms. The van der Waals surface area contributed by atoms with Crippen LogP contribution in [-0.2, 0) is 5.41 Å². The molecule has 4 nitrogen and oxygen atoms in total. The minimum atomic E-state index is -0.212. The summed E-state index contributed by atoms with van der Waals surface area (Å²) in [6.07, 6.45) is 1.90. The monoisotopic (exact) mass is 751 g/mol. The first-order chi connectivity index (χ1) is 28.1. The SMILES string of the molecule is Cc1cc(C)c(O)c(-c2nc3c(-c4cc(-c5ccccc5)cc(-c5cc(-c6ccccc6)ccn5)c4)cccc3n2-c2ccc(-c3ccccc3)cc2C(C)(C)C)c1. The van der Waals surface area contributed by atoms with Gasteiger partial charge in [-0.05, 0) is 129 Å². The highest BCUT2D eigenvalue weighted by Gasteiger charge is 2.26. The van der Waals surface area contributed by atoms with Crippen molar-refractivity contribution in [3.05, 3.63) is 193 Å². The first kappa shape index (κ1) is 36.6. The molecule has 0 saturated carbocycles. The second-order valence-corrected chi connectivity index (χ2v) is 16.2. The highest BCUT2D eigenvalue weighted by Crippen LogP contribution is 2.43. The van der Waals surface area contributed by atoms with E-state index in [2.05, 4.69) is 184 Å². The summed E-state index contributed by atoms with van der Waals surface area (Å²) in [5.41, 5.74) is 17.1. The van der Waals surface area contributed by atoms with Gasteiger partial charge in [0.05, 0.1) is 28.0 Å². The van der Waals surface area contributed by atoms with E-state index in [9.17, 15) is 5.11 Å². The van der Waals surface area contributed by atoms with Gasteiger partial charge < -0.3 is 5.11 Å². The largest absolute Gasteiger partial charge is 0.507 e. The lowest BCUT2D eigenvalue weighted by Gasteiger charge is -2.26. The molecular formula is C54H45N3O. The second kappa shape index (κ2) is 14.8. The third-order valence-electron chi connectivity index (χ3n) is 11.0. The Labute approximate surface area is 340 Å². The van der Waals surface area contributed by atoms with Crippen molar-refractivity contribution >= 4 is 11.0 Å². The van der Waals surface area contributed by atoms with Crippen molar-refractivity contribution in [1.29, 1.82) is 0 Å². The Balaban J connectivity index is 1.31. The number of hydrogen-bond donors (Lipinski definition) is 1. The number of para-hydroxylation sites is 1. The van der Waals surface area contributed by atoms with E-state index in [0.29, 0.717) is 11.4 Å². The van der Waals surface area contributed by atoms with E-state index in [1.165, 1.54) is 11.1 Å². The zero-order valence-corrected chi connectivity index (χ0v) is 33.5. The summed E-state index contributed by atoms with van der Waals surface area (Å²) in [6, 6.07) is 59.7. The number of rotatable bonds is 7. The highest BCUT2D eigenvalue weighted by atomic mass is 16.3. The number of phenolic OH excluding ortho intramolecular Hbond substituents is 1. The van der Waals surface area contributed by atoms with Crippen LogP contribution >= 0.6 is 0 Å². The van der Waals surface area contributed by atoms with Crippen LogP contribution in [0.2, 0.25) is 0 Å². The van der Waals surface area contributed by atoms with E-state index < -0.39 is 0 Å². The number of aromatic nitrogens is 3. The minimum absolute atomic E-state index is 0.212. The summed E-state index contributed by atoms with van der Waals surface area (Å²) in [6.45, 7) is 10.8. The lowest BCUT2D eigenvalue weighted by molar-refractivity contribution is 0.472. The number of hydrogen-bond acceptors (Lipinski definition) is 3. The molecule has 4 heteroatoms. The van der Waals surface area contributed by atoms with Gasteiger partial charge in [0.25, 0.3) is 0 Å². The molecule has 7 aromatic carbocycles. The highest BCUT2D eigenvalue weighted by molar-refractivity contribution is 5.98. The molecule has 0 aliphatic rings. The Bertz CT molecular complexity index is 2940. The van der Waals surface area contributed by atoms with Gasteiger partial charge in [-0.2, -0.15) is 0 Å². The van der Waals surface area contributed by atoms with Crippen molar-refractivity contribution in [2.75, 3.05) is 0 Å². The Morgan fingerprint density at radius 3 is 1.76 bits per heavy atom. The molecule has 0 radical (unpaired) electrons. The topological polar surface area (TPSA) is 50.9 Å². The average Bonchev–Trinajstić information content (AvgIpc) is 3.65. The molecule has 1 N–H and O–H groups in total. The number of imidazole rings is 1. The van der Waals surface area contributed by atoms with E-state index >= 15 is 0 Å². The lowest BCUT2D eigenvalue weighted by Crippen LogP contribution is -2.16. The zero-order valence-electron chi connectivity index (χ0n) is 33.5. The predicted molar refractivity (Wildman–Crippen MR) is 241 cm³/mol. The maximum Gasteiger partial charge on any atom is 0.149 e. The Kier molecular flexibility index (Phi) is 9.34. The smallest absolute Gasteiger partial charge is 0.149 e. The first-order valence-corrected chi connectivity index (χ1v) is 19.9. The molecule has 0 unspecified atom stereocenters. The van der Waals surface area contributed by atoms with Crippen LogP contribution in [0.5, 0.6) is 5.75 Å². The zero-order chi connectivity index (χ0) is 40.0.